The van der Waals surface area contributed by atoms with E-state index in [1.54, 1.807) is 12.3 Å². The minimum Gasteiger partial charge on any atom is -0.469 e. The summed E-state index contributed by atoms with van der Waals surface area (Å²) in [5, 5.41) is 7.91. The van der Waals surface area contributed by atoms with Crippen molar-refractivity contribution in [2.75, 3.05) is 7.11 Å². The summed E-state index contributed by atoms with van der Waals surface area (Å²) in [4.78, 5) is 10.9. The summed E-state index contributed by atoms with van der Waals surface area (Å²) in [5.74, 6) is -0.237. The van der Waals surface area contributed by atoms with Crippen LogP contribution in [-0.4, -0.2) is 23.3 Å². The first-order valence-corrected chi connectivity index (χ1v) is 4.96. The Labute approximate surface area is 92.9 Å². The average molecular weight is 216 g/mol. The highest BCUT2D eigenvalue weighted by molar-refractivity contribution is 5.80. The Kier molecular flexibility index (Phi) is 3.00. The molecule has 16 heavy (non-hydrogen) atoms. The van der Waals surface area contributed by atoms with E-state index in [2.05, 4.69) is 14.9 Å². The molecule has 2 aromatic rings. The summed E-state index contributed by atoms with van der Waals surface area (Å²) in [6, 6.07) is 5.94. The second-order valence-corrected chi connectivity index (χ2v) is 3.40. The largest absolute Gasteiger partial charge is 0.469 e. The highest BCUT2D eigenvalue weighted by atomic mass is 16.5. The molecule has 0 bridgehead atoms. The van der Waals surface area contributed by atoms with Gasteiger partial charge in [0.1, 0.15) is 0 Å². The topological polar surface area (TPSA) is 55.0 Å². The van der Waals surface area contributed by atoms with Crippen LogP contribution in [0.2, 0.25) is 0 Å². The van der Waals surface area contributed by atoms with Gasteiger partial charge in [0, 0.05) is 5.39 Å². The summed E-state index contributed by atoms with van der Waals surface area (Å²) >= 11 is 0. The van der Waals surface area contributed by atoms with Crippen LogP contribution in [0.25, 0.3) is 17.0 Å². The van der Waals surface area contributed by atoms with Crippen LogP contribution in [0.4, 0.5) is 0 Å². The van der Waals surface area contributed by atoms with Crippen LogP contribution in [0.5, 0.6) is 0 Å². The fourth-order valence-electron chi connectivity index (χ4n) is 1.43. The fourth-order valence-corrected chi connectivity index (χ4v) is 1.43. The number of hydrogen-bond acceptors (Lipinski definition) is 3. The molecule has 0 atom stereocenters. The lowest BCUT2D eigenvalue weighted by molar-refractivity contribution is -0.139. The molecule has 1 N–H and O–H groups in total. The third kappa shape index (κ3) is 2.28. The van der Waals surface area contributed by atoms with E-state index in [0.717, 1.165) is 16.5 Å². The number of methoxy groups -OCH3 is 1. The zero-order valence-electron chi connectivity index (χ0n) is 8.93. The number of esters is 1. The molecule has 0 aliphatic rings. The number of nitrogens with one attached hydrogen (secondary N) is 1. The number of benzene rings is 1. The standard InChI is InChI=1S/C12H12N2O2/c1-16-12(15)4-2-3-9-5-6-10-8-13-14-11(10)7-9/h2-3,5-8H,4H2,1H3,(H,13,14). The molecule has 0 aliphatic heterocycles. The molecule has 4 heteroatoms. The van der Waals surface area contributed by atoms with E-state index in [1.807, 2.05) is 24.3 Å². The first-order valence-electron chi connectivity index (χ1n) is 4.96. The summed E-state index contributed by atoms with van der Waals surface area (Å²) in [5.41, 5.74) is 2.01. The van der Waals surface area contributed by atoms with Gasteiger partial charge in [0.15, 0.2) is 0 Å². The van der Waals surface area contributed by atoms with E-state index in [4.69, 9.17) is 0 Å². The molecule has 0 saturated heterocycles. The minimum atomic E-state index is -0.237. The van der Waals surface area contributed by atoms with Gasteiger partial charge in [0.05, 0.1) is 25.2 Å². The number of carbonyl (C=O) groups excluding carboxylic acids is 1. The number of H-pyrrole nitrogens is 1. The van der Waals surface area contributed by atoms with Gasteiger partial charge in [-0.3, -0.25) is 9.89 Å². The number of aromatic amines is 1. The highest BCUT2D eigenvalue weighted by Crippen LogP contribution is 2.13. The van der Waals surface area contributed by atoms with Crippen LogP contribution < -0.4 is 0 Å². The van der Waals surface area contributed by atoms with Gasteiger partial charge in [-0.2, -0.15) is 5.10 Å². The fraction of sp³-hybridized carbons (Fsp3) is 0.167. The van der Waals surface area contributed by atoms with Gasteiger partial charge < -0.3 is 4.74 Å². The third-order valence-corrected chi connectivity index (χ3v) is 2.29. The van der Waals surface area contributed by atoms with Gasteiger partial charge in [-0.05, 0) is 11.6 Å². The molecule has 4 nitrogen and oxygen atoms in total. The molecule has 0 aliphatic carbocycles. The van der Waals surface area contributed by atoms with Gasteiger partial charge in [-0.15, -0.1) is 0 Å². The number of rotatable bonds is 3. The van der Waals surface area contributed by atoms with E-state index >= 15 is 0 Å². The normalized spacial score (nSPS) is 11.1. The maximum absolute atomic E-state index is 10.9. The van der Waals surface area contributed by atoms with Crippen molar-refractivity contribution in [3.05, 3.63) is 36.0 Å². The zero-order valence-corrected chi connectivity index (χ0v) is 8.93. The molecule has 2 rings (SSSR count). The van der Waals surface area contributed by atoms with E-state index in [1.165, 1.54) is 7.11 Å². The third-order valence-electron chi connectivity index (χ3n) is 2.29. The molecule has 0 saturated carbocycles. The number of nitrogens with zero attached hydrogens (tertiary/aromatic N) is 1. The van der Waals surface area contributed by atoms with Crippen LogP contribution in [0.1, 0.15) is 12.0 Å². The molecule has 0 radical (unpaired) electrons. The second kappa shape index (κ2) is 4.61. The van der Waals surface area contributed by atoms with Crippen LogP contribution in [0.3, 0.4) is 0 Å². The lowest BCUT2D eigenvalue weighted by Gasteiger charge is -1.94. The van der Waals surface area contributed by atoms with E-state index in [0.29, 0.717) is 0 Å². The number of carbonyl (C=O) groups is 1. The SMILES string of the molecule is COC(=O)CC=Cc1ccc2cn[nH]c2c1. The maximum Gasteiger partial charge on any atom is 0.309 e. The van der Waals surface area contributed by atoms with Crippen LogP contribution in [0.15, 0.2) is 30.5 Å². The summed E-state index contributed by atoms with van der Waals surface area (Å²) in [6.07, 6.45) is 5.73. The van der Waals surface area contributed by atoms with Gasteiger partial charge in [0.2, 0.25) is 0 Å². The van der Waals surface area contributed by atoms with Gasteiger partial charge in [0.25, 0.3) is 0 Å². The smallest absolute Gasteiger partial charge is 0.309 e. The highest BCUT2D eigenvalue weighted by Gasteiger charge is 1.96. The molecule has 1 aromatic carbocycles. The maximum atomic E-state index is 10.9. The first kappa shape index (κ1) is 10.4. The molecule has 1 aromatic heterocycles. The lowest BCUT2D eigenvalue weighted by atomic mass is 10.1. The summed E-state index contributed by atoms with van der Waals surface area (Å²) < 4.78 is 4.54. The molecule has 0 spiro atoms. The van der Waals surface area contributed by atoms with Crippen LogP contribution >= 0.6 is 0 Å². The molecular formula is C12H12N2O2. The first-order chi connectivity index (χ1) is 7.79. The van der Waals surface area contributed by atoms with E-state index in [9.17, 15) is 4.79 Å². The number of ether oxygens (including phenoxy) is 1. The van der Waals surface area contributed by atoms with Crippen molar-refractivity contribution < 1.29 is 9.53 Å². The minimum absolute atomic E-state index is 0.237. The second-order valence-electron chi connectivity index (χ2n) is 3.40. The molecular weight excluding hydrogens is 204 g/mol. The van der Waals surface area contributed by atoms with Crippen molar-refractivity contribution in [2.24, 2.45) is 0 Å². The number of fused-ring (bicyclic) bond motifs is 1. The monoisotopic (exact) mass is 216 g/mol. The number of hydrogen-bond donors (Lipinski definition) is 1. The summed E-state index contributed by atoms with van der Waals surface area (Å²) in [7, 11) is 1.38. The van der Waals surface area contributed by atoms with Gasteiger partial charge >= 0.3 is 5.97 Å². The number of aromatic nitrogens is 2. The molecule has 0 fully saturated rings. The van der Waals surface area contributed by atoms with Crippen molar-refractivity contribution >= 4 is 22.9 Å². The van der Waals surface area contributed by atoms with E-state index in [-0.39, 0.29) is 12.4 Å². The Morgan fingerprint density at radius 2 is 2.44 bits per heavy atom. The molecule has 0 unspecified atom stereocenters. The Morgan fingerprint density at radius 3 is 3.25 bits per heavy atom. The lowest BCUT2D eigenvalue weighted by Crippen LogP contribution is -1.96. The van der Waals surface area contributed by atoms with Crippen molar-refractivity contribution in [1.82, 2.24) is 10.2 Å². The predicted molar refractivity (Wildman–Crippen MR) is 61.8 cm³/mol. The molecule has 1 heterocycles. The van der Waals surface area contributed by atoms with Gasteiger partial charge in [-0.1, -0.05) is 24.3 Å². The van der Waals surface area contributed by atoms with Gasteiger partial charge in [-0.25, -0.2) is 0 Å². The Bertz CT molecular complexity index is 529. The van der Waals surface area contributed by atoms with Crippen LogP contribution in [-0.2, 0) is 9.53 Å². The Balaban J connectivity index is 2.11. The van der Waals surface area contributed by atoms with Crippen molar-refractivity contribution in [1.29, 1.82) is 0 Å². The van der Waals surface area contributed by atoms with Crippen molar-refractivity contribution in [3.63, 3.8) is 0 Å². The molecule has 0 amide bonds. The average Bonchev–Trinajstić information content (AvgIpc) is 2.76. The quantitative estimate of drug-likeness (QED) is 0.800. The van der Waals surface area contributed by atoms with Crippen molar-refractivity contribution in [3.8, 4) is 0 Å². The summed E-state index contributed by atoms with van der Waals surface area (Å²) in [6.45, 7) is 0. The Hall–Kier alpha value is -2.10. The zero-order chi connectivity index (χ0) is 11.4. The van der Waals surface area contributed by atoms with E-state index < -0.39 is 0 Å². The van der Waals surface area contributed by atoms with Crippen LogP contribution in [0, 0.1) is 0 Å². The molecule has 82 valence electrons. The van der Waals surface area contributed by atoms with Crippen molar-refractivity contribution in [2.45, 2.75) is 6.42 Å². The Morgan fingerprint density at radius 1 is 1.56 bits per heavy atom. The predicted octanol–water partition coefficient (Wildman–Crippen LogP) is 2.14.